The van der Waals surface area contributed by atoms with Crippen LogP contribution in [-0.2, 0) is 4.79 Å². The molecular formula is C24H20Cl2N3O2+. The first kappa shape index (κ1) is 21.1. The Bertz CT molecular complexity index is 1160. The Morgan fingerprint density at radius 3 is 2.42 bits per heavy atom. The minimum atomic E-state index is -0.794. The van der Waals surface area contributed by atoms with E-state index in [0.29, 0.717) is 21.2 Å². The van der Waals surface area contributed by atoms with Crippen LogP contribution in [0.5, 0.6) is 0 Å². The van der Waals surface area contributed by atoms with Gasteiger partial charge in [-0.1, -0.05) is 71.2 Å². The van der Waals surface area contributed by atoms with Crippen molar-refractivity contribution in [2.45, 2.75) is 19.0 Å². The molecule has 3 aromatic carbocycles. The lowest BCUT2D eigenvalue weighted by Gasteiger charge is -2.15. The predicted molar refractivity (Wildman–Crippen MR) is 122 cm³/mol. The number of nitrogens with one attached hydrogen (secondary N) is 2. The van der Waals surface area contributed by atoms with E-state index in [2.05, 4.69) is 10.7 Å². The Labute approximate surface area is 190 Å². The average Bonchev–Trinajstić information content (AvgIpc) is 3.06. The highest BCUT2D eigenvalue weighted by Crippen LogP contribution is 2.27. The minimum Gasteiger partial charge on any atom is -0.334 e. The van der Waals surface area contributed by atoms with Gasteiger partial charge in [0, 0.05) is 16.1 Å². The largest absolute Gasteiger partial charge is 0.334 e. The zero-order chi connectivity index (χ0) is 22.0. The van der Waals surface area contributed by atoms with E-state index in [1.54, 1.807) is 53.4 Å². The van der Waals surface area contributed by atoms with Crippen LogP contribution in [0.1, 0.15) is 33.1 Å². The predicted octanol–water partition coefficient (Wildman–Crippen LogP) is 4.32. The molecule has 2 amide bonds. The SMILES string of the molecule is Cc1ccc([C@@H]2[C@H](NC(=O)c3ccccc3)C(=O)N/[N+]2=C\c2ccc(Cl)cc2Cl)cc1. The summed E-state index contributed by atoms with van der Waals surface area (Å²) in [5.74, 6) is -0.625. The molecular weight excluding hydrogens is 433 g/mol. The maximum Gasteiger partial charge on any atom is 0.304 e. The van der Waals surface area contributed by atoms with E-state index < -0.39 is 12.1 Å². The third-order valence-electron chi connectivity index (χ3n) is 5.12. The van der Waals surface area contributed by atoms with E-state index in [4.69, 9.17) is 23.2 Å². The molecule has 0 radical (unpaired) electrons. The molecule has 1 heterocycles. The van der Waals surface area contributed by atoms with Crippen LogP contribution in [-0.4, -0.2) is 28.8 Å². The van der Waals surface area contributed by atoms with Crippen molar-refractivity contribution in [3.8, 4) is 0 Å². The fraction of sp³-hybridized carbons (Fsp3) is 0.125. The Morgan fingerprint density at radius 2 is 1.74 bits per heavy atom. The summed E-state index contributed by atoms with van der Waals surface area (Å²) in [4.78, 5) is 25.7. The number of hydrogen-bond acceptors (Lipinski definition) is 2. The molecule has 4 rings (SSSR count). The van der Waals surface area contributed by atoms with Crippen molar-refractivity contribution in [1.82, 2.24) is 10.7 Å². The number of rotatable bonds is 4. The lowest BCUT2D eigenvalue weighted by Crippen LogP contribution is -2.42. The minimum absolute atomic E-state index is 0.309. The standard InChI is InChI=1S/C24H19Cl2N3O2/c1-15-7-9-16(10-8-15)22-21(27-23(30)17-5-3-2-4-6-17)24(31)28-29(22)14-18-11-12-19(25)13-20(18)26/h2-14,21-22H,1H3,(H-,27,28,30,31)/p+1/b29-14-/t21-,22+/m0/s1. The van der Waals surface area contributed by atoms with Crippen molar-refractivity contribution in [3.63, 3.8) is 0 Å². The number of nitrogens with zero attached hydrogens (tertiary/aromatic N) is 1. The van der Waals surface area contributed by atoms with Crippen molar-refractivity contribution in [2.75, 3.05) is 0 Å². The number of amides is 2. The van der Waals surface area contributed by atoms with Crippen molar-refractivity contribution < 1.29 is 14.3 Å². The van der Waals surface area contributed by atoms with Crippen molar-refractivity contribution in [1.29, 1.82) is 0 Å². The second-order valence-corrected chi connectivity index (χ2v) is 8.19. The van der Waals surface area contributed by atoms with Gasteiger partial charge in [0.05, 0.1) is 10.6 Å². The first-order valence-electron chi connectivity index (χ1n) is 9.73. The lowest BCUT2D eigenvalue weighted by molar-refractivity contribution is -0.596. The molecule has 0 bridgehead atoms. The summed E-state index contributed by atoms with van der Waals surface area (Å²) >= 11 is 12.3. The molecule has 0 unspecified atom stereocenters. The number of carbonyl (C=O) groups is 2. The van der Waals surface area contributed by atoms with Crippen LogP contribution in [0.4, 0.5) is 0 Å². The van der Waals surface area contributed by atoms with E-state index in [0.717, 1.165) is 11.1 Å². The summed E-state index contributed by atoms with van der Waals surface area (Å²) in [6, 6.07) is 20.6. The van der Waals surface area contributed by atoms with Crippen LogP contribution < -0.4 is 10.7 Å². The van der Waals surface area contributed by atoms with Crippen LogP contribution >= 0.6 is 23.2 Å². The molecule has 2 atom stereocenters. The first-order valence-corrected chi connectivity index (χ1v) is 10.5. The van der Waals surface area contributed by atoms with Gasteiger partial charge < -0.3 is 5.32 Å². The van der Waals surface area contributed by atoms with Crippen LogP contribution in [0.3, 0.4) is 0 Å². The molecule has 1 aliphatic rings. The quantitative estimate of drug-likeness (QED) is 0.579. The number of halogens is 2. The van der Waals surface area contributed by atoms with E-state index in [-0.39, 0.29) is 11.8 Å². The number of hydrazone groups is 1. The van der Waals surface area contributed by atoms with Gasteiger partial charge in [-0.25, -0.2) is 0 Å². The molecule has 1 saturated heterocycles. The van der Waals surface area contributed by atoms with Gasteiger partial charge >= 0.3 is 5.91 Å². The third-order valence-corrected chi connectivity index (χ3v) is 5.68. The van der Waals surface area contributed by atoms with Crippen LogP contribution in [0.25, 0.3) is 0 Å². The summed E-state index contributed by atoms with van der Waals surface area (Å²) in [6.07, 6.45) is 1.75. The van der Waals surface area contributed by atoms with Gasteiger partial charge in [0.2, 0.25) is 12.3 Å². The van der Waals surface area contributed by atoms with Gasteiger partial charge in [-0.05, 0) is 37.3 Å². The Balaban J connectivity index is 1.73. The van der Waals surface area contributed by atoms with E-state index >= 15 is 0 Å². The molecule has 7 heteroatoms. The summed E-state index contributed by atoms with van der Waals surface area (Å²) in [6.45, 7) is 1.99. The highest BCUT2D eigenvalue weighted by Gasteiger charge is 2.47. The van der Waals surface area contributed by atoms with Gasteiger partial charge in [0.15, 0.2) is 6.04 Å². The third kappa shape index (κ3) is 4.63. The van der Waals surface area contributed by atoms with E-state index in [9.17, 15) is 9.59 Å². The molecule has 156 valence electrons. The summed E-state index contributed by atoms with van der Waals surface area (Å²) in [5, 5.41) is 3.86. The topological polar surface area (TPSA) is 61.2 Å². The zero-order valence-corrected chi connectivity index (χ0v) is 18.2. The highest BCUT2D eigenvalue weighted by molar-refractivity contribution is 6.36. The fourth-order valence-electron chi connectivity index (χ4n) is 3.51. The smallest absolute Gasteiger partial charge is 0.304 e. The number of aryl methyl sites for hydroxylation is 1. The molecule has 1 fully saturated rings. The summed E-state index contributed by atoms with van der Waals surface area (Å²) in [7, 11) is 0. The monoisotopic (exact) mass is 452 g/mol. The summed E-state index contributed by atoms with van der Waals surface area (Å²) < 4.78 is 1.68. The van der Waals surface area contributed by atoms with Gasteiger partial charge in [-0.3, -0.25) is 9.59 Å². The van der Waals surface area contributed by atoms with Crippen molar-refractivity contribution >= 4 is 41.2 Å². The number of hydrogen-bond donors (Lipinski definition) is 2. The van der Waals surface area contributed by atoms with Gasteiger partial charge in [0.25, 0.3) is 5.91 Å². The number of benzene rings is 3. The Kier molecular flexibility index (Phi) is 6.07. The van der Waals surface area contributed by atoms with Gasteiger partial charge in [0.1, 0.15) is 0 Å². The molecule has 1 aliphatic heterocycles. The maximum absolute atomic E-state index is 12.9. The Hall–Kier alpha value is -3.15. The Morgan fingerprint density at radius 1 is 1.03 bits per heavy atom. The van der Waals surface area contributed by atoms with E-state index in [1.807, 2.05) is 37.3 Å². The van der Waals surface area contributed by atoms with Crippen LogP contribution in [0, 0.1) is 6.92 Å². The molecule has 0 spiro atoms. The second-order valence-electron chi connectivity index (χ2n) is 7.35. The molecule has 0 saturated carbocycles. The van der Waals surface area contributed by atoms with Crippen molar-refractivity contribution in [2.24, 2.45) is 0 Å². The number of hydrazine groups is 1. The van der Waals surface area contributed by atoms with Crippen LogP contribution in [0.15, 0.2) is 72.8 Å². The molecule has 3 aromatic rings. The lowest BCUT2D eigenvalue weighted by atomic mass is 9.98. The molecule has 31 heavy (non-hydrogen) atoms. The number of carbonyl (C=O) groups excluding carboxylic acids is 2. The molecule has 2 N–H and O–H groups in total. The van der Waals surface area contributed by atoms with Gasteiger partial charge in [-0.2, -0.15) is 0 Å². The van der Waals surface area contributed by atoms with Gasteiger partial charge in [-0.15, -0.1) is 10.1 Å². The average molecular weight is 453 g/mol. The fourth-order valence-corrected chi connectivity index (χ4v) is 3.97. The molecule has 0 aromatic heterocycles. The second kappa shape index (κ2) is 8.92. The summed E-state index contributed by atoms with van der Waals surface area (Å²) in [5.41, 5.74) is 6.00. The highest BCUT2D eigenvalue weighted by atomic mass is 35.5. The van der Waals surface area contributed by atoms with Crippen LogP contribution in [0.2, 0.25) is 10.0 Å². The van der Waals surface area contributed by atoms with E-state index in [1.165, 1.54) is 0 Å². The molecule has 5 nitrogen and oxygen atoms in total. The molecule has 0 aliphatic carbocycles. The first-order chi connectivity index (χ1) is 14.9. The normalized spacial score (nSPS) is 19.3. The maximum atomic E-state index is 12.9. The van der Waals surface area contributed by atoms with Crippen molar-refractivity contribution in [3.05, 3.63) is 105 Å². The zero-order valence-electron chi connectivity index (χ0n) is 16.7.